The Labute approximate surface area is 102 Å². The minimum atomic E-state index is 0. The summed E-state index contributed by atoms with van der Waals surface area (Å²) in [4.78, 5) is 0. The molecule has 0 aliphatic rings. The zero-order valence-corrected chi connectivity index (χ0v) is 5.64. The van der Waals surface area contributed by atoms with Gasteiger partial charge in [0.1, 0.15) is 0 Å². The molecule has 0 atom stereocenters. The van der Waals surface area contributed by atoms with Crippen LogP contribution in [-0.4, -0.2) is 26.4 Å². The van der Waals surface area contributed by atoms with Gasteiger partial charge >= 0.3 is 0 Å². The molecule has 0 amide bonds. The van der Waals surface area contributed by atoms with Gasteiger partial charge in [0.05, 0.1) is 13.2 Å². The van der Waals surface area contributed by atoms with Crippen molar-refractivity contribution >= 4 is 0 Å². The molecular weight excluding hydrogens is 188 g/mol. The normalized spacial score (nSPS) is 5.20. The Hall–Kier alpha value is -0.0800. The van der Waals surface area contributed by atoms with Gasteiger partial charge in [0.25, 0.3) is 0 Å². The summed E-state index contributed by atoms with van der Waals surface area (Å²) in [6.45, 7) is 6.98. The molecule has 0 saturated carbocycles. The molecule has 0 aromatic carbocycles. The van der Waals surface area contributed by atoms with Crippen molar-refractivity contribution in [1.82, 2.24) is 0 Å². The first-order valence-corrected chi connectivity index (χ1v) is 3.07. The van der Waals surface area contributed by atoms with E-state index in [-0.39, 0.29) is 52.0 Å². The van der Waals surface area contributed by atoms with Crippen molar-refractivity contribution in [2.75, 3.05) is 26.4 Å². The molecule has 15 heavy (non-hydrogen) atoms. The smallest absolute Gasteiger partial charge is 0.0700 e. The average molecular weight is 230 g/mol. The van der Waals surface area contributed by atoms with E-state index in [0.29, 0.717) is 0 Å². The summed E-state index contributed by atoms with van der Waals surface area (Å²) in [6.07, 6.45) is 0. The van der Waals surface area contributed by atoms with E-state index >= 15 is 0 Å². The average Bonchev–Trinajstić information content (AvgIpc) is 1.81. The molecule has 0 unspecified atom stereocenters. The Kier molecular flexibility index (Phi) is 267. The highest BCUT2D eigenvalue weighted by molar-refractivity contribution is 4.24. The summed E-state index contributed by atoms with van der Waals surface area (Å²) >= 11 is 0. The Bertz CT molecular complexity index is 33.5. The number of hydrogen-bond donors (Lipinski definition) is 0. The first-order chi connectivity index (χ1) is 3.91. The third kappa shape index (κ3) is 81.7. The fourth-order valence-corrected chi connectivity index (χ4v) is 0.407. The first-order valence-electron chi connectivity index (χ1n) is 3.07. The largest absolute Gasteiger partial charge is 0.379 e. The summed E-state index contributed by atoms with van der Waals surface area (Å²) in [7, 11) is 0. The molecule has 0 spiro atoms. The topological polar surface area (TPSA) is 18.5 Å². The van der Waals surface area contributed by atoms with Crippen LogP contribution < -0.4 is 0 Å². The fourth-order valence-electron chi connectivity index (χ4n) is 0.407. The van der Waals surface area contributed by atoms with E-state index in [2.05, 4.69) is 0 Å². The van der Waals surface area contributed by atoms with Crippen LogP contribution in [-0.2, 0) is 9.47 Å². The van der Waals surface area contributed by atoms with Crippen molar-refractivity contribution in [3.8, 4) is 0 Å². The lowest BCUT2D eigenvalue weighted by Gasteiger charge is -1.99. The van der Waals surface area contributed by atoms with E-state index in [9.17, 15) is 0 Å². The van der Waals surface area contributed by atoms with Crippen LogP contribution in [0.25, 0.3) is 0 Å². The van der Waals surface area contributed by atoms with E-state index in [1.807, 2.05) is 13.8 Å². The highest BCUT2D eigenvalue weighted by atomic mass is 16.5. The van der Waals surface area contributed by atoms with Crippen molar-refractivity contribution in [2.24, 2.45) is 0 Å². The van der Waals surface area contributed by atoms with Crippen molar-refractivity contribution in [2.45, 2.75) is 65.8 Å². The van der Waals surface area contributed by atoms with Crippen LogP contribution in [0.3, 0.4) is 0 Å². The lowest BCUT2D eigenvalue weighted by Crippen LogP contribution is -2.02. The molecule has 0 aromatic heterocycles. The molecule has 0 fully saturated rings. The van der Waals surface area contributed by atoms with E-state index in [1.54, 1.807) is 0 Å². The van der Waals surface area contributed by atoms with Crippen molar-refractivity contribution in [3.63, 3.8) is 0 Å². The Balaban J connectivity index is -0.0000000117. The van der Waals surface area contributed by atoms with Gasteiger partial charge in [0.15, 0.2) is 0 Å². The van der Waals surface area contributed by atoms with Crippen LogP contribution >= 0.6 is 0 Å². The lowest BCUT2D eigenvalue weighted by molar-refractivity contribution is 0.0584. The molecule has 0 saturated heterocycles. The van der Waals surface area contributed by atoms with Gasteiger partial charge in [-0.3, -0.25) is 0 Å². The quantitative estimate of drug-likeness (QED) is 0.580. The second kappa shape index (κ2) is 66.3. The molecule has 2 heteroatoms. The zero-order chi connectivity index (χ0) is 6.24. The van der Waals surface area contributed by atoms with Crippen molar-refractivity contribution in [1.29, 1.82) is 0 Å². The first kappa shape index (κ1) is 60.4. The van der Waals surface area contributed by atoms with E-state index in [4.69, 9.17) is 9.47 Å². The molecule has 0 heterocycles. The third-order valence-electron chi connectivity index (χ3n) is 0.780. The summed E-state index contributed by atoms with van der Waals surface area (Å²) < 4.78 is 10.0. The fraction of sp³-hybridized carbons (Fsp3) is 1.00. The van der Waals surface area contributed by atoms with Crippen molar-refractivity contribution < 1.29 is 9.47 Å². The number of rotatable bonds is 5. The van der Waals surface area contributed by atoms with Gasteiger partial charge in [-0.1, -0.05) is 52.0 Å². The molecular formula is C13H42O2. The predicted molar refractivity (Wildman–Crippen MR) is 80.1 cm³/mol. The Morgan fingerprint density at radius 1 is 0.533 bits per heavy atom. The van der Waals surface area contributed by atoms with Crippen molar-refractivity contribution in [3.05, 3.63) is 0 Å². The maximum absolute atomic E-state index is 5.01. The summed E-state index contributed by atoms with van der Waals surface area (Å²) in [5, 5.41) is 0. The van der Waals surface area contributed by atoms with Crippen LogP contribution in [0, 0.1) is 0 Å². The monoisotopic (exact) mass is 230 g/mol. The SMILES string of the molecule is C.C.C.C.C.C.C.CCOCCOCC. The van der Waals surface area contributed by atoms with Crippen LogP contribution in [0.2, 0.25) is 0 Å². The van der Waals surface area contributed by atoms with Gasteiger partial charge in [0.2, 0.25) is 0 Å². The number of hydrogen-bond acceptors (Lipinski definition) is 2. The molecule has 0 aliphatic carbocycles. The highest BCUT2D eigenvalue weighted by Gasteiger charge is 1.81. The van der Waals surface area contributed by atoms with Gasteiger partial charge in [-0.25, -0.2) is 0 Å². The Morgan fingerprint density at radius 2 is 0.733 bits per heavy atom. The van der Waals surface area contributed by atoms with Gasteiger partial charge in [-0.15, -0.1) is 0 Å². The van der Waals surface area contributed by atoms with Crippen LogP contribution in [0.4, 0.5) is 0 Å². The van der Waals surface area contributed by atoms with Crippen LogP contribution in [0.5, 0.6) is 0 Å². The standard InChI is InChI=1S/C6H14O2.7CH4/c1-3-7-5-6-8-4-2;;;;;;;/h3-6H2,1-2H3;7*1H4. The third-order valence-corrected chi connectivity index (χ3v) is 0.780. The molecule has 2 nitrogen and oxygen atoms in total. The molecule has 0 bridgehead atoms. The molecule has 0 aromatic rings. The molecule has 0 aliphatic heterocycles. The molecule has 0 N–H and O–H groups in total. The molecule has 106 valence electrons. The van der Waals surface area contributed by atoms with Crippen LogP contribution in [0.1, 0.15) is 65.8 Å². The van der Waals surface area contributed by atoms with E-state index in [1.165, 1.54) is 0 Å². The minimum Gasteiger partial charge on any atom is -0.379 e. The molecule has 0 rings (SSSR count). The zero-order valence-electron chi connectivity index (χ0n) is 5.64. The molecule has 0 radical (unpaired) electrons. The maximum atomic E-state index is 5.01. The number of ether oxygens (including phenoxy) is 2. The maximum Gasteiger partial charge on any atom is 0.0700 e. The van der Waals surface area contributed by atoms with Gasteiger partial charge in [-0.2, -0.15) is 0 Å². The summed E-state index contributed by atoms with van der Waals surface area (Å²) in [6, 6.07) is 0. The second-order valence-electron chi connectivity index (χ2n) is 1.39. The van der Waals surface area contributed by atoms with E-state index in [0.717, 1.165) is 26.4 Å². The lowest BCUT2D eigenvalue weighted by atomic mass is 10.7. The predicted octanol–water partition coefficient (Wildman–Crippen LogP) is 5.51. The second-order valence-corrected chi connectivity index (χ2v) is 1.39. The highest BCUT2D eigenvalue weighted by Crippen LogP contribution is 1.75. The van der Waals surface area contributed by atoms with E-state index < -0.39 is 0 Å². The summed E-state index contributed by atoms with van der Waals surface area (Å²) in [5.41, 5.74) is 0. The van der Waals surface area contributed by atoms with Gasteiger partial charge in [-0.05, 0) is 13.8 Å². The minimum absolute atomic E-state index is 0. The van der Waals surface area contributed by atoms with Gasteiger partial charge < -0.3 is 9.47 Å². The van der Waals surface area contributed by atoms with Gasteiger partial charge in [0, 0.05) is 13.2 Å². The van der Waals surface area contributed by atoms with Crippen LogP contribution in [0.15, 0.2) is 0 Å². The summed E-state index contributed by atoms with van der Waals surface area (Å²) in [5.74, 6) is 0. The Morgan fingerprint density at radius 3 is 0.867 bits per heavy atom.